The largest absolute Gasteiger partial charge is 0.472 e. The number of rotatable bonds is 76. The molecule has 19 heteroatoms. The Hall–Kier alpha value is -1.94. The highest BCUT2D eigenvalue weighted by atomic mass is 31.2. The third-order valence-electron chi connectivity index (χ3n) is 18.0. The SMILES string of the molecule is CCCCCCCCCCCCCCCC(=O)OC[C@H](COP(=O)(O)OC[C@H](O)COP(=O)(O)OC[C@@H](COC(=O)CCCCCCCCCCCCCC(C)C)OC(=O)CCCCCCCCCCCCCCCC(C)C)OC(=O)CCCCCCCCCCCCCCC. The van der Waals surface area contributed by atoms with Gasteiger partial charge in [0.05, 0.1) is 26.4 Å². The lowest BCUT2D eigenvalue weighted by Gasteiger charge is -2.21. The predicted molar refractivity (Wildman–Crippen MR) is 391 cm³/mol. The van der Waals surface area contributed by atoms with E-state index in [0.717, 1.165) is 102 Å². The Morgan fingerprint density at radius 3 is 0.708 bits per heavy atom. The lowest BCUT2D eigenvalue weighted by Crippen LogP contribution is -2.30. The summed E-state index contributed by atoms with van der Waals surface area (Å²) in [5.74, 6) is -0.553. The van der Waals surface area contributed by atoms with Gasteiger partial charge in [-0.2, -0.15) is 0 Å². The molecule has 96 heavy (non-hydrogen) atoms. The Morgan fingerprint density at radius 2 is 0.479 bits per heavy atom. The topological polar surface area (TPSA) is 237 Å². The third kappa shape index (κ3) is 70.5. The normalized spacial score (nSPS) is 14.0. The molecular weight excluding hydrogens is 1260 g/mol. The first kappa shape index (κ1) is 94.1. The second kappa shape index (κ2) is 68.8. The Kier molecular flexibility index (Phi) is 67.4. The number of phosphoric acid groups is 2. The Morgan fingerprint density at radius 1 is 0.281 bits per heavy atom. The molecule has 0 spiro atoms. The van der Waals surface area contributed by atoms with E-state index in [4.69, 9.17) is 37.0 Å². The number of carbonyl (C=O) groups excluding carboxylic acids is 4. The summed E-state index contributed by atoms with van der Waals surface area (Å²) in [6.45, 7) is 9.63. The van der Waals surface area contributed by atoms with Crippen LogP contribution < -0.4 is 0 Å². The molecule has 0 fully saturated rings. The second-order valence-electron chi connectivity index (χ2n) is 28.7. The van der Waals surface area contributed by atoms with Crippen molar-refractivity contribution in [2.45, 2.75) is 419 Å². The minimum absolute atomic E-state index is 0.107. The zero-order valence-electron chi connectivity index (χ0n) is 62.7. The predicted octanol–water partition coefficient (Wildman–Crippen LogP) is 22.7. The zero-order chi connectivity index (χ0) is 70.7. The smallest absolute Gasteiger partial charge is 0.462 e. The summed E-state index contributed by atoms with van der Waals surface area (Å²) in [5.41, 5.74) is 0. The first-order valence-corrected chi connectivity index (χ1v) is 43.0. The summed E-state index contributed by atoms with van der Waals surface area (Å²) < 4.78 is 68.6. The van der Waals surface area contributed by atoms with Crippen molar-refractivity contribution in [3.05, 3.63) is 0 Å². The van der Waals surface area contributed by atoms with Crippen molar-refractivity contribution in [1.29, 1.82) is 0 Å². The van der Waals surface area contributed by atoms with Gasteiger partial charge in [0, 0.05) is 25.7 Å². The standard InChI is InChI=1S/C77H150O17P2/c1-7-9-11-13-15-17-19-22-29-35-41-47-53-59-74(79)87-65-72(93-76(81)61-55-49-43-37-30-23-20-18-16-14-12-10-8-2)67-91-95(83,84)89-63-71(78)64-90-96(85,86)92-68-73(66-88-75(80)60-54-48-42-36-32-26-28-34-40-46-52-58-70(5)6)94-77(82)62-56-50-44-38-31-25-21-24-27-33-39-45-51-57-69(3)4/h69-73,78H,7-68H2,1-6H3,(H,83,84)(H,85,86)/t71-,72+,73+/m0/s1. The molecule has 3 N–H and O–H groups in total. The molecule has 0 aromatic rings. The van der Waals surface area contributed by atoms with Crippen molar-refractivity contribution in [2.75, 3.05) is 39.6 Å². The zero-order valence-corrected chi connectivity index (χ0v) is 64.5. The maximum absolute atomic E-state index is 13.1. The number of aliphatic hydroxyl groups excluding tert-OH is 1. The number of hydrogen-bond donors (Lipinski definition) is 3. The highest BCUT2D eigenvalue weighted by molar-refractivity contribution is 7.47. The van der Waals surface area contributed by atoms with Gasteiger partial charge in [-0.05, 0) is 37.5 Å². The fraction of sp³-hybridized carbons (Fsp3) is 0.948. The van der Waals surface area contributed by atoms with Gasteiger partial charge in [-0.3, -0.25) is 37.3 Å². The average molecular weight is 1410 g/mol. The van der Waals surface area contributed by atoms with E-state index in [1.807, 2.05) is 0 Å². The van der Waals surface area contributed by atoms with Crippen molar-refractivity contribution in [2.24, 2.45) is 11.8 Å². The molecule has 570 valence electrons. The van der Waals surface area contributed by atoms with E-state index < -0.39 is 97.5 Å². The van der Waals surface area contributed by atoms with Gasteiger partial charge in [0.25, 0.3) is 0 Å². The first-order valence-electron chi connectivity index (χ1n) is 40.0. The summed E-state index contributed by atoms with van der Waals surface area (Å²) >= 11 is 0. The highest BCUT2D eigenvalue weighted by Gasteiger charge is 2.30. The average Bonchev–Trinajstić information content (AvgIpc) is 1.65. The first-order chi connectivity index (χ1) is 46.4. The molecule has 0 rings (SSSR count). The molecule has 0 saturated heterocycles. The van der Waals surface area contributed by atoms with Gasteiger partial charge < -0.3 is 33.8 Å². The quantitative estimate of drug-likeness (QED) is 0.0222. The lowest BCUT2D eigenvalue weighted by atomic mass is 10.0. The maximum atomic E-state index is 13.1. The van der Waals surface area contributed by atoms with Crippen LogP contribution in [0, 0.1) is 11.8 Å². The molecule has 0 saturated carbocycles. The fourth-order valence-electron chi connectivity index (χ4n) is 11.8. The summed E-state index contributed by atoms with van der Waals surface area (Å²) in [6.07, 6.45) is 56.6. The van der Waals surface area contributed by atoms with Gasteiger partial charge in [-0.1, -0.05) is 350 Å². The van der Waals surface area contributed by atoms with Gasteiger partial charge in [0.15, 0.2) is 12.2 Å². The molecule has 0 aliphatic carbocycles. The number of hydrogen-bond acceptors (Lipinski definition) is 15. The van der Waals surface area contributed by atoms with Gasteiger partial charge >= 0.3 is 39.5 Å². The highest BCUT2D eigenvalue weighted by Crippen LogP contribution is 2.45. The van der Waals surface area contributed by atoms with Crippen molar-refractivity contribution in [3.8, 4) is 0 Å². The van der Waals surface area contributed by atoms with Crippen LogP contribution in [0.25, 0.3) is 0 Å². The maximum Gasteiger partial charge on any atom is 0.472 e. The molecule has 0 radical (unpaired) electrons. The minimum Gasteiger partial charge on any atom is -0.462 e. The van der Waals surface area contributed by atoms with Gasteiger partial charge in [-0.25, -0.2) is 9.13 Å². The number of esters is 4. The summed E-state index contributed by atoms with van der Waals surface area (Å²) in [6, 6.07) is 0. The molecule has 0 aromatic carbocycles. The Bertz CT molecular complexity index is 1860. The van der Waals surface area contributed by atoms with Crippen molar-refractivity contribution < 1.29 is 80.2 Å². The molecule has 17 nitrogen and oxygen atoms in total. The summed E-state index contributed by atoms with van der Waals surface area (Å²) in [4.78, 5) is 72.9. The van der Waals surface area contributed by atoms with Crippen LogP contribution in [0.4, 0.5) is 0 Å². The van der Waals surface area contributed by atoms with E-state index in [1.54, 1.807) is 0 Å². The minimum atomic E-state index is -4.96. The monoisotopic (exact) mass is 1410 g/mol. The van der Waals surface area contributed by atoms with Crippen LogP contribution >= 0.6 is 15.6 Å². The van der Waals surface area contributed by atoms with Crippen LogP contribution in [0.1, 0.15) is 401 Å². The van der Waals surface area contributed by atoms with Crippen LogP contribution in [-0.2, 0) is 65.4 Å². The van der Waals surface area contributed by atoms with E-state index in [-0.39, 0.29) is 25.7 Å². The van der Waals surface area contributed by atoms with E-state index in [2.05, 4.69) is 41.5 Å². The van der Waals surface area contributed by atoms with Crippen LogP contribution in [0.5, 0.6) is 0 Å². The summed E-state index contributed by atoms with van der Waals surface area (Å²) in [5, 5.41) is 10.6. The van der Waals surface area contributed by atoms with Gasteiger partial charge in [0.1, 0.15) is 19.3 Å². The number of carbonyl (C=O) groups is 4. The van der Waals surface area contributed by atoms with Crippen LogP contribution in [-0.4, -0.2) is 96.7 Å². The van der Waals surface area contributed by atoms with E-state index in [9.17, 15) is 43.2 Å². The number of phosphoric ester groups is 2. The van der Waals surface area contributed by atoms with E-state index >= 15 is 0 Å². The van der Waals surface area contributed by atoms with Crippen molar-refractivity contribution in [3.63, 3.8) is 0 Å². The van der Waals surface area contributed by atoms with E-state index in [0.29, 0.717) is 25.7 Å². The van der Waals surface area contributed by atoms with Gasteiger partial charge in [-0.15, -0.1) is 0 Å². The molecule has 0 heterocycles. The van der Waals surface area contributed by atoms with Crippen LogP contribution in [0.2, 0.25) is 0 Å². The molecule has 5 atom stereocenters. The molecule has 0 aromatic heterocycles. The number of aliphatic hydroxyl groups is 1. The fourth-order valence-corrected chi connectivity index (χ4v) is 13.4. The van der Waals surface area contributed by atoms with Crippen LogP contribution in [0.15, 0.2) is 0 Å². The molecule has 0 aliphatic rings. The van der Waals surface area contributed by atoms with Gasteiger partial charge in [0.2, 0.25) is 0 Å². The molecular formula is C77H150O17P2. The Balaban J connectivity index is 5.27. The third-order valence-corrected chi connectivity index (χ3v) is 19.9. The Labute approximate surface area is 588 Å². The summed E-state index contributed by atoms with van der Waals surface area (Å²) in [7, 11) is -9.91. The lowest BCUT2D eigenvalue weighted by molar-refractivity contribution is -0.161. The van der Waals surface area contributed by atoms with E-state index in [1.165, 1.54) is 218 Å². The molecule has 0 bridgehead atoms. The van der Waals surface area contributed by atoms with Crippen molar-refractivity contribution in [1.82, 2.24) is 0 Å². The molecule has 2 unspecified atom stereocenters. The number of unbranched alkanes of at least 4 members (excludes halogenated alkanes) is 46. The van der Waals surface area contributed by atoms with Crippen molar-refractivity contribution >= 4 is 39.5 Å². The second-order valence-corrected chi connectivity index (χ2v) is 31.6. The molecule has 0 aliphatic heterocycles. The van der Waals surface area contributed by atoms with Crippen LogP contribution in [0.3, 0.4) is 0 Å². The molecule has 0 amide bonds. The number of ether oxygens (including phenoxy) is 4.